The molecule has 1 saturated heterocycles. The normalized spacial score (nSPS) is 31.1. The number of carbonyl (C=O) groups is 6. The number of hydrogen-bond donors (Lipinski definition) is 7. The third-order valence-corrected chi connectivity index (χ3v) is 14.7. The first-order chi connectivity index (χ1) is 31.3. The Morgan fingerprint density at radius 3 is 2.18 bits per heavy atom. The minimum atomic E-state index is -2.42. The van der Waals surface area contributed by atoms with Gasteiger partial charge in [-0.1, -0.05) is 69.3 Å². The number of thioether (sulfide) groups is 1. The highest BCUT2D eigenvalue weighted by atomic mass is 32.2. The average Bonchev–Trinajstić information content (AvgIpc) is 3.27. The summed E-state index contributed by atoms with van der Waals surface area (Å²) in [6.07, 6.45) is -11.9. The number of aliphatic hydroxyl groups excluding tert-OH is 2. The Labute approximate surface area is 393 Å². The number of amides is 2. The zero-order chi connectivity index (χ0) is 49.4. The molecule has 366 valence electrons. The van der Waals surface area contributed by atoms with Crippen LogP contribution < -0.4 is 16.4 Å². The molecule has 67 heavy (non-hydrogen) atoms. The Bertz CT molecular complexity index is 2240. The van der Waals surface area contributed by atoms with Crippen LogP contribution in [0, 0.1) is 16.7 Å². The summed E-state index contributed by atoms with van der Waals surface area (Å²) >= 11 is 1.41. The first-order valence-corrected chi connectivity index (χ1v) is 23.5. The third-order valence-electron chi connectivity index (χ3n) is 13.7. The van der Waals surface area contributed by atoms with Gasteiger partial charge >= 0.3 is 24.0 Å². The number of rotatable bonds is 14. The van der Waals surface area contributed by atoms with Crippen molar-refractivity contribution in [3.8, 4) is 0 Å². The number of nitrogens with two attached hydrogens (primary N) is 1. The smallest absolute Gasteiger partial charge is 0.408 e. The molecule has 0 spiro atoms. The van der Waals surface area contributed by atoms with Gasteiger partial charge in [-0.3, -0.25) is 14.4 Å². The summed E-state index contributed by atoms with van der Waals surface area (Å²) in [4.78, 5) is 83.9. The minimum absolute atomic E-state index is 0.0571. The molecule has 4 aliphatic rings. The van der Waals surface area contributed by atoms with Crippen molar-refractivity contribution in [1.29, 1.82) is 0 Å². The highest BCUT2D eigenvalue weighted by Crippen LogP contribution is 2.63. The molecule has 2 amide bonds. The SMILES string of the molecule is CCSCC(N)C(=O)NCC(=O)O[C@@H](C(=O)O[C@H]1C[C@@]2(O)[C@@H](OC(=O)c3ccccc3)[C@@H]3[C@]4(O)CO[C@@H]4C[C@H](O)[C@@]3(C)C(=O)[C@H](O)C(=C1C)C2(C)C)[C@@H](NC(=O)OC(C)(C)C)c1ccccc1. The molecule has 3 aliphatic carbocycles. The van der Waals surface area contributed by atoms with Gasteiger partial charge in [0.25, 0.3) is 0 Å². The maximum Gasteiger partial charge on any atom is 0.408 e. The minimum Gasteiger partial charge on any atom is -0.455 e. The summed E-state index contributed by atoms with van der Waals surface area (Å²) in [6.45, 7) is 11.5. The van der Waals surface area contributed by atoms with Crippen LogP contribution in [-0.2, 0) is 42.9 Å². The van der Waals surface area contributed by atoms with Crippen LogP contribution in [0.15, 0.2) is 71.8 Å². The lowest BCUT2D eigenvalue weighted by molar-refractivity contribution is -0.343. The van der Waals surface area contributed by atoms with Gasteiger partial charge in [0.05, 0.1) is 35.8 Å². The van der Waals surface area contributed by atoms with Crippen molar-refractivity contribution in [2.45, 2.75) is 134 Å². The molecule has 6 rings (SSSR count). The number of hydrogen-bond acceptors (Lipinski definition) is 17. The Kier molecular flexibility index (Phi) is 15.1. The van der Waals surface area contributed by atoms with Crippen LogP contribution in [0.2, 0.25) is 0 Å². The number of ketones is 1. The number of ether oxygens (including phenoxy) is 5. The number of alkyl carbamates (subject to hydrolysis) is 1. The topological polar surface area (TPSA) is 280 Å². The van der Waals surface area contributed by atoms with Crippen LogP contribution in [0.1, 0.15) is 90.2 Å². The number of benzene rings is 2. The number of fused-ring (bicyclic) bond motifs is 5. The summed E-state index contributed by atoms with van der Waals surface area (Å²) in [7, 11) is 0. The number of esters is 3. The second-order valence-corrected chi connectivity index (χ2v) is 20.8. The van der Waals surface area contributed by atoms with E-state index < -0.39 is 131 Å². The molecule has 1 heterocycles. The molecular weight excluding hydrogens is 891 g/mol. The molecule has 0 radical (unpaired) electrons. The zero-order valence-electron chi connectivity index (χ0n) is 39.0. The molecule has 8 N–H and O–H groups in total. The van der Waals surface area contributed by atoms with E-state index in [0.717, 1.165) is 0 Å². The molecule has 2 aromatic rings. The van der Waals surface area contributed by atoms with Crippen molar-refractivity contribution in [2.75, 3.05) is 24.7 Å². The van der Waals surface area contributed by atoms with Gasteiger partial charge in [0.15, 0.2) is 5.78 Å². The predicted molar refractivity (Wildman–Crippen MR) is 242 cm³/mol. The summed E-state index contributed by atoms with van der Waals surface area (Å²) in [6, 6.07) is 13.3. The largest absolute Gasteiger partial charge is 0.455 e. The molecule has 19 heteroatoms. The summed E-state index contributed by atoms with van der Waals surface area (Å²) < 4.78 is 29.5. The van der Waals surface area contributed by atoms with Crippen molar-refractivity contribution < 1.29 is 72.9 Å². The Balaban J connectivity index is 1.46. The van der Waals surface area contributed by atoms with Gasteiger partial charge in [0.1, 0.15) is 47.7 Å². The fourth-order valence-electron chi connectivity index (χ4n) is 10.1. The predicted octanol–water partition coefficient (Wildman–Crippen LogP) is 2.44. The van der Waals surface area contributed by atoms with Crippen LogP contribution in [-0.4, -0.2) is 140 Å². The molecule has 2 aromatic carbocycles. The number of aliphatic hydroxyl groups is 4. The molecule has 1 unspecified atom stereocenters. The summed E-state index contributed by atoms with van der Waals surface area (Å²) in [5.74, 6) is -5.62. The lowest BCUT2D eigenvalue weighted by Gasteiger charge is -2.66. The van der Waals surface area contributed by atoms with Crippen LogP contribution in [0.4, 0.5) is 4.79 Å². The van der Waals surface area contributed by atoms with Gasteiger partial charge < -0.3 is 60.5 Å². The highest BCUT2D eigenvalue weighted by Gasteiger charge is 2.76. The van der Waals surface area contributed by atoms with Crippen molar-refractivity contribution in [3.05, 3.63) is 82.9 Å². The Morgan fingerprint density at radius 1 is 0.970 bits per heavy atom. The lowest BCUT2D eigenvalue weighted by Crippen LogP contribution is -2.81. The molecule has 1 aliphatic heterocycles. The molecule has 12 atom stereocenters. The van der Waals surface area contributed by atoms with Gasteiger partial charge in [-0.15, -0.1) is 0 Å². The molecule has 2 bridgehead atoms. The van der Waals surface area contributed by atoms with E-state index in [1.54, 1.807) is 69.3 Å². The number of nitrogens with one attached hydrogen (secondary N) is 2. The van der Waals surface area contributed by atoms with E-state index in [0.29, 0.717) is 5.75 Å². The lowest BCUT2D eigenvalue weighted by atomic mass is 9.44. The zero-order valence-corrected chi connectivity index (χ0v) is 39.8. The molecule has 18 nitrogen and oxygen atoms in total. The summed E-state index contributed by atoms with van der Waals surface area (Å²) in [5, 5.41) is 55.0. The second kappa shape index (κ2) is 19.6. The van der Waals surface area contributed by atoms with E-state index in [9.17, 15) is 49.2 Å². The first-order valence-electron chi connectivity index (χ1n) is 22.3. The van der Waals surface area contributed by atoms with Crippen molar-refractivity contribution >= 4 is 47.5 Å². The number of carbonyl (C=O) groups excluding carboxylic acids is 6. The van der Waals surface area contributed by atoms with Gasteiger partial charge in [-0.2, -0.15) is 11.8 Å². The van der Waals surface area contributed by atoms with Gasteiger partial charge in [0, 0.05) is 29.9 Å². The van der Waals surface area contributed by atoms with E-state index >= 15 is 0 Å². The van der Waals surface area contributed by atoms with Crippen molar-refractivity contribution in [2.24, 2.45) is 22.5 Å². The van der Waals surface area contributed by atoms with Gasteiger partial charge in [0.2, 0.25) is 12.0 Å². The van der Waals surface area contributed by atoms with E-state index in [1.165, 1.54) is 51.6 Å². The number of Topliss-reactive ketones (excluding diaryl/α,β-unsaturated/α-hetero) is 1. The van der Waals surface area contributed by atoms with Gasteiger partial charge in [-0.25, -0.2) is 14.4 Å². The molecule has 3 fully saturated rings. The van der Waals surface area contributed by atoms with E-state index in [-0.39, 0.29) is 41.1 Å². The standard InChI is InChI=1S/C48H63N3O15S/c1-9-67-23-28(49)40(56)50-22-32(53)64-36(34(26-16-12-10-13-17-26)51-43(59)66-44(3,4)5)42(58)63-29-21-48(61)39(65-41(57)27-18-14-11-15-19-27)37-46(8,30(52)20-31-47(37,60)24-62-31)38(55)35(54)33(25(29)2)45(48,6)7/h10-19,28-31,34-37,39,52,54,60-61H,9,20-24,49H2,1-8H3,(H,50,56)(H,51,59)/t28?,29-,30-,31+,34-,35+,36+,37-,39-,46+,47-,48+/m0/s1. The molecule has 0 aromatic heterocycles. The van der Waals surface area contributed by atoms with E-state index in [4.69, 9.17) is 29.4 Å². The van der Waals surface area contributed by atoms with Gasteiger partial charge in [-0.05, 0) is 69.2 Å². The Morgan fingerprint density at radius 2 is 1.60 bits per heavy atom. The van der Waals surface area contributed by atoms with Crippen LogP contribution in [0.25, 0.3) is 0 Å². The maximum absolute atomic E-state index is 15.0. The Hall–Kier alpha value is -4.89. The van der Waals surface area contributed by atoms with Crippen LogP contribution >= 0.6 is 11.8 Å². The van der Waals surface area contributed by atoms with Crippen LogP contribution in [0.5, 0.6) is 0 Å². The fraction of sp³-hybridized carbons (Fsp3) is 0.583. The average molecular weight is 954 g/mol. The van der Waals surface area contributed by atoms with Crippen molar-refractivity contribution in [1.82, 2.24) is 10.6 Å². The molecule has 2 saturated carbocycles. The quantitative estimate of drug-likeness (QED) is 0.0814. The highest BCUT2D eigenvalue weighted by molar-refractivity contribution is 7.99. The van der Waals surface area contributed by atoms with E-state index in [1.807, 2.05) is 6.92 Å². The van der Waals surface area contributed by atoms with Crippen LogP contribution in [0.3, 0.4) is 0 Å². The summed E-state index contributed by atoms with van der Waals surface area (Å²) in [5.41, 5.74) is -2.85. The second-order valence-electron chi connectivity index (χ2n) is 19.5. The third kappa shape index (κ3) is 9.87. The first kappa shape index (κ1) is 51.5. The fourth-order valence-corrected chi connectivity index (χ4v) is 10.7. The maximum atomic E-state index is 15.0. The molecular formula is C48H63N3O15S. The monoisotopic (exact) mass is 953 g/mol. The van der Waals surface area contributed by atoms with Crippen molar-refractivity contribution in [3.63, 3.8) is 0 Å². The van der Waals surface area contributed by atoms with E-state index in [2.05, 4.69) is 10.6 Å².